The van der Waals surface area contributed by atoms with E-state index in [2.05, 4.69) is 10.7 Å². The summed E-state index contributed by atoms with van der Waals surface area (Å²) in [6.07, 6.45) is 8.86. The first-order valence-corrected chi connectivity index (χ1v) is 4.59. The quantitative estimate of drug-likeness (QED) is 0.526. The maximum absolute atomic E-state index is 10.3. The van der Waals surface area contributed by atoms with Crippen molar-refractivity contribution < 1.29 is 14.6 Å². The second-order valence-electron chi connectivity index (χ2n) is 3.37. The Balaban J connectivity index is 2.45. The predicted molar refractivity (Wildman–Crippen MR) is 48.3 cm³/mol. The number of terminal acetylenes is 1. The molecule has 0 saturated heterocycles. The number of carboxylic acid groups (broad SMARTS) is 1. The Morgan fingerprint density at radius 2 is 2.08 bits per heavy atom. The molecule has 0 aliphatic heterocycles. The summed E-state index contributed by atoms with van der Waals surface area (Å²) >= 11 is 0. The second kappa shape index (κ2) is 4.76. The zero-order chi connectivity index (χ0) is 9.68. The summed E-state index contributed by atoms with van der Waals surface area (Å²) in [7, 11) is 0. The first-order chi connectivity index (χ1) is 6.24. The molecular formula is C10H14O3. The fourth-order valence-electron chi connectivity index (χ4n) is 1.81. The van der Waals surface area contributed by atoms with E-state index >= 15 is 0 Å². The van der Waals surface area contributed by atoms with Crippen LogP contribution in [-0.2, 0) is 4.74 Å². The van der Waals surface area contributed by atoms with E-state index in [1.165, 1.54) is 6.42 Å². The summed E-state index contributed by atoms with van der Waals surface area (Å²) in [5.74, 6) is 2.63. The van der Waals surface area contributed by atoms with E-state index in [-0.39, 0.29) is 5.92 Å². The highest BCUT2D eigenvalue weighted by Gasteiger charge is 2.24. The van der Waals surface area contributed by atoms with Crippen molar-refractivity contribution in [3.05, 3.63) is 0 Å². The molecule has 1 N–H and O–H groups in total. The van der Waals surface area contributed by atoms with Crippen molar-refractivity contribution in [3.63, 3.8) is 0 Å². The third kappa shape index (κ3) is 2.98. The molecule has 1 rings (SSSR count). The number of hydrogen-bond acceptors (Lipinski definition) is 2. The van der Waals surface area contributed by atoms with Crippen molar-refractivity contribution in [2.45, 2.75) is 38.2 Å². The normalized spacial score (nSPS) is 20.2. The first-order valence-electron chi connectivity index (χ1n) is 4.59. The lowest BCUT2D eigenvalue weighted by Gasteiger charge is -2.25. The fourth-order valence-corrected chi connectivity index (χ4v) is 1.81. The molecule has 13 heavy (non-hydrogen) atoms. The lowest BCUT2D eigenvalue weighted by Crippen LogP contribution is -2.26. The van der Waals surface area contributed by atoms with Gasteiger partial charge in [-0.2, -0.15) is 0 Å². The van der Waals surface area contributed by atoms with Gasteiger partial charge in [-0.1, -0.05) is 25.2 Å². The molecule has 0 aromatic rings. The Hall–Kier alpha value is -1.17. The van der Waals surface area contributed by atoms with Crippen LogP contribution in [0.3, 0.4) is 0 Å². The smallest absolute Gasteiger partial charge is 0.450 e. The average Bonchev–Trinajstić information content (AvgIpc) is 2.15. The minimum atomic E-state index is -1.27. The SMILES string of the molecule is C#CC(OC(=O)O)C1CCCCC1. The molecule has 0 spiro atoms. The predicted octanol–water partition coefficient (Wildman–Crippen LogP) is 2.26. The van der Waals surface area contributed by atoms with Gasteiger partial charge in [0.2, 0.25) is 0 Å². The topological polar surface area (TPSA) is 46.5 Å². The second-order valence-corrected chi connectivity index (χ2v) is 3.37. The van der Waals surface area contributed by atoms with Crippen LogP contribution in [0.15, 0.2) is 0 Å². The molecule has 72 valence electrons. The molecule has 3 nitrogen and oxygen atoms in total. The molecule has 1 atom stereocenters. The maximum atomic E-state index is 10.3. The van der Waals surface area contributed by atoms with Crippen molar-refractivity contribution in [1.29, 1.82) is 0 Å². The van der Waals surface area contributed by atoms with Crippen molar-refractivity contribution in [1.82, 2.24) is 0 Å². The highest BCUT2D eigenvalue weighted by Crippen LogP contribution is 2.27. The molecule has 1 fully saturated rings. The van der Waals surface area contributed by atoms with Gasteiger partial charge in [-0.25, -0.2) is 4.79 Å². The number of hydrogen-bond donors (Lipinski definition) is 1. The summed E-state index contributed by atoms with van der Waals surface area (Å²) in [5.41, 5.74) is 0. The Kier molecular flexibility index (Phi) is 3.63. The molecule has 0 aromatic heterocycles. The molecule has 0 aromatic carbocycles. The van der Waals surface area contributed by atoms with Gasteiger partial charge in [-0.05, 0) is 12.8 Å². The highest BCUT2D eigenvalue weighted by molar-refractivity contribution is 5.57. The van der Waals surface area contributed by atoms with Crippen LogP contribution in [0.1, 0.15) is 32.1 Å². The van der Waals surface area contributed by atoms with Gasteiger partial charge in [-0.15, -0.1) is 6.42 Å². The third-order valence-electron chi connectivity index (χ3n) is 2.47. The lowest BCUT2D eigenvalue weighted by atomic mass is 9.85. The van der Waals surface area contributed by atoms with E-state index < -0.39 is 12.3 Å². The van der Waals surface area contributed by atoms with Gasteiger partial charge >= 0.3 is 6.16 Å². The van der Waals surface area contributed by atoms with E-state index in [0.29, 0.717) is 0 Å². The minimum Gasteiger partial charge on any atom is -0.450 e. The number of rotatable bonds is 2. The molecule has 0 heterocycles. The van der Waals surface area contributed by atoms with Gasteiger partial charge < -0.3 is 9.84 Å². The molecule has 0 bridgehead atoms. The monoisotopic (exact) mass is 182 g/mol. The summed E-state index contributed by atoms with van der Waals surface area (Å²) in [5, 5.41) is 8.43. The fraction of sp³-hybridized carbons (Fsp3) is 0.700. The van der Waals surface area contributed by atoms with E-state index in [0.717, 1.165) is 25.7 Å². The van der Waals surface area contributed by atoms with Crippen LogP contribution in [-0.4, -0.2) is 17.4 Å². The standard InChI is InChI=1S/C10H14O3/c1-2-9(13-10(11)12)8-6-4-3-5-7-8/h1,8-9H,3-7H2,(H,11,12). The highest BCUT2D eigenvalue weighted by atomic mass is 16.7. The van der Waals surface area contributed by atoms with E-state index in [4.69, 9.17) is 11.5 Å². The van der Waals surface area contributed by atoms with Crippen molar-refractivity contribution in [3.8, 4) is 12.3 Å². The Morgan fingerprint density at radius 3 is 2.54 bits per heavy atom. The van der Waals surface area contributed by atoms with E-state index in [1.54, 1.807) is 0 Å². The molecule has 1 unspecified atom stereocenters. The van der Waals surface area contributed by atoms with Crippen molar-refractivity contribution in [2.75, 3.05) is 0 Å². The largest absolute Gasteiger partial charge is 0.507 e. The van der Waals surface area contributed by atoms with Crippen LogP contribution in [0.5, 0.6) is 0 Å². The van der Waals surface area contributed by atoms with Crippen LogP contribution in [0.25, 0.3) is 0 Å². The third-order valence-corrected chi connectivity index (χ3v) is 2.47. The van der Waals surface area contributed by atoms with Crippen LogP contribution in [0, 0.1) is 18.3 Å². The summed E-state index contributed by atoms with van der Waals surface area (Å²) in [4.78, 5) is 10.3. The van der Waals surface area contributed by atoms with Gasteiger partial charge in [0.15, 0.2) is 6.10 Å². The Morgan fingerprint density at radius 1 is 1.46 bits per heavy atom. The molecule has 1 saturated carbocycles. The first kappa shape index (κ1) is 9.91. The summed E-state index contributed by atoms with van der Waals surface area (Å²) in [6, 6.07) is 0. The van der Waals surface area contributed by atoms with Crippen LogP contribution in [0.4, 0.5) is 4.79 Å². The molecule has 1 aliphatic carbocycles. The summed E-state index contributed by atoms with van der Waals surface area (Å²) < 4.78 is 4.62. The lowest BCUT2D eigenvalue weighted by molar-refractivity contribution is 0.0420. The number of carbonyl (C=O) groups is 1. The van der Waals surface area contributed by atoms with Gasteiger partial charge in [0.05, 0.1) is 0 Å². The van der Waals surface area contributed by atoms with Crippen LogP contribution >= 0.6 is 0 Å². The Bertz CT molecular complexity index is 211. The zero-order valence-electron chi connectivity index (χ0n) is 7.53. The minimum absolute atomic E-state index is 0.231. The van der Waals surface area contributed by atoms with Gasteiger partial charge in [-0.3, -0.25) is 0 Å². The maximum Gasteiger partial charge on any atom is 0.507 e. The number of ether oxygens (including phenoxy) is 1. The summed E-state index contributed by atoms with van der Waals surface area (Å²) in [6.45, 7) is 0. The molecular weight excluding hydrogens is 168 g/mol. The van der Waals surface area contributed by atoms with E-state index in [9.17, 15) is 4.79 Å². The van der Waals surface area contributed by atoms with Crippen LogP contribution < -0.4 is 0 Å². The van der Waals surface area contributed by atoms with Crippen molar-refractivity contribution >= 4 is 6.16 Å². The van der Waals surface area contributed by atoms with E-state index in [1.807, 2.05) is 0 Å². The van der Waals surface area contributed by atoms with Gasteiger partial charge in [0.1, 0.15) is 0 Å². The molecule has 3 heteroatoms. The van der Waals surface area contributed by atoms with Gasteiger partial charge in [0.25, 0.3) is 0 Å². The van der Waals surface area contributed by atoms with Gasteiger partial charge in [0, 0.05) is 5.92 Å². The Labute approximate surface area is 78.1 Å². The molecule has 0 amide bonds. The van der Waals surface area contributed by atoms with Crippen molar-refractivity contribution in [2.24, 2.45) is 5.92 Å². The molecule has 1 aliphatic rings. The zero-order valence-corrected chi connectivity index (χ0v) is 7.53. The molecule has 0 radical (unpaired) electrons. The van der Waals surface area contributed by atoms with Crippen LogP contribution in [0.2, 0.25) is 0 Å². The average molecular weight is 182 g/mol.